The number of rotatable bonds is 5. The smallest absolute Gasteiger partial charge is 0.251 e. The molecule has 1 aromatic carbocycles. The number of nitrogens with zero attached hydrogens (tertiary/aromatic N) is 1. The van der Waals surface area contributed by atoms with Crippen molar-refractivity contribution in [2.45, 2.75) is 20.4 Å². The Morgan fingerprint density at radius 3 is 2.76 bits per heavy atom. The molecule has 0 bridgehead atoms. The Hall–Kier alpha value is -2.07. The van der Waals surface area contributed by atoms with Gasteiger partial charge in [-0.1, -0.05) is 35.9 Å². The molecule has 0 aliphatic heterocycles. The van der Waals surface area contributed by atoms with Gasteiger partial charge in [0.05, 0.1) is 0 Å². The van der Waals surface area contributed by atoms with Gasteiger partial charge in [0.15, 0.2) is 0 Å². The third kappa shape index (κ3) is 4.20. The van der Waals surface area contributed by atoms with E-state index in [0.717, 1.165) is 17.7 Å². The maximum atomic E-state index is 12.2. The molecule has 0 unspecified atom stereocenters. The summed E-state index contributed by atoms with van der Waals surface area (Å²) in [4.78, 5) is 16.3. The number of carbonyl (C=O) groups excluding carboxylic acids is 1. The number of aromatic nitrogens is 1. The number of hydrogen-bond donors (Lipinski definition) is 2. The molecule has 0 aliphatic carbocycles. The van der Waals surface area contributed by atoms with Crippen LogP contribution in [-0.2, 0) is 6.54 Å². The van der Waals surface area contributed by atoms with Crippen molar-refractivity contribution in [2.75, 3.05) is 11.9 Å². The van der Waals surface area contributed by atoms with Gasteiger partial charge >= 0.3 is 0 Å². The van der Waals surface area contributed by atoms with Crippen LogP contribution in [0.15, 0.2) is 36.4 Å². The van der Waals surface area contributed by atoms with E-state index >= 15 is 0 Å². The van der Waals surface area contributed by atoms with E-state index in [4.69, 9.17) is 11.6 Å². The van der Waals surface area contributed by atoms with E-state index in [1.165, 1.54) is 0 Å². The van der Waals surface area contributed by atoms with Crippen LogP contribution in [0.2, 0.25) is 5.15 Å². The van der Waals surface area contributed by atoms with Crippen LogP contribution in [-0.4, -0.2) is 17.4 Å². The van der Waals surface area contributed by atoms with Gasteiger partial charge in [-0.05, 0) is 37.1 Å². The highest BCUT2D eigenvalue weighted by Gasteiger charge is 2.09. The number of pyridine rings is 1. The van der Waals surface area contributed by atoms with Crippen LogP contribution in [0.4, 0.5) is 5.82 Å². The Morgan fingerprint density at radius 2 is 2.05 bits per heavy atom. The summed E-state index contributed by atoms with van der Waals surface area (Å²) in [6, 6.07) is 11.2. The first-order valence-electron chi connectivity index (χ1n) is 6.84. The zero-order chi connectivity index (χ0) is 15.2. The molecule has 0 saturated carbocycles. The minimum absolute atomic E-state index is 0.165. The minimum atomic E-state index is -0.165. The lowest BCUT2D eigenvalue weighted by atomic mass is 10.1. The van der Waals surface area contributed by atoms with Crippen LogP contribution in [0.1, 0.15) is 28.4 Å². The highest BCUT2D eigenvalue weighted by molar-refractivity contribution is 6.29. The molecule has 4 nitrogen and oxygen atoms in total. The zero-order valence-electron chi connectivity index (χ0n) is 12.1. The fraction of sp³-hybridized carbons (Fsp3) is 0.250. The molecule has 110 valence electrons. The Morgan fingerprint density at radius 1 is 1.29 bits per heavy atom. The third-order valence-electron chi connectivity index (χ3n) is 3.11. The topological polar surface area (TPSA) is 54.0 Å². The number of anilines is 1. The molecular formula is C16H18ClN3O. The summed E-state index contributed by atoms with van der Waals surface area (Å²) in [7, 11) is 0. The molecule has 2 aromatic rings. The molecule has 2 N–H and O–H groups in total. The van der Waals surface area contributed by atoms with Crippen molar-refractivity contribution < 1.29 is 4.79 Å². The molecule has 0 spiro atoms. The molecule has 0 radical (unpaired) electrons. The Bertz CT molecular complexity index is 643. The number of nitrogens with one attached hydrogen (secondary N) is 2. The predicted molar refractivity (Wildman–Crippen MR) is 85.8 cm³/mol. The van der Waals surface area contributed by atoms with Gasteiger partial charge in [0.1, 0.15) is 11.0 Å². The summed E-state index contributed by atoms with van der Waals surface area (Å²) in [5.41, 5.74) is 2.75. The van der Waals surface area contributed by atoms with E-state index in [1.54, 1.807) is 12.1 Å². The van der Waals surface area contributed by atoms with Crippen molar-refractivity contribution in [3.05, 3.63) is 58.2 Å². The second kappa shape index (κ2) is 7.09. The number of halogens is 1. The Labute approximate surface area is 129 Å². The second-order valence-corrected chi connectivity index (χ2v) is 5.09. The average Bonchev–Trinajstić information content (AvgIpc) is 2.46. The highest BCUT2D eigenvalue weighted by atomic mass is 35.5. The summed E-state index contributed by atoms with van der Waals surface area (Å²) >= 11 is 5.94. The number of carbonyl (C=O) groups is 1. The first-order valence-corrected chi connectivity index (χ1v) is 7.22. The molecule has 0 aliphatic rings. The molecule has 21 heavy (non-hydrogen) atoms. The quantitative estimate of drug-likeness (QED) is 0.832. The first-order chi connectivity index (χ1) is 10.1. The highest BCUT2D eigenvalue weighted by Crippen LogP contribution is 2.15. The van der Waals surface area contributed by atoms with Gasteiger partial charge in [0, 0.05) is 18.7 Å². The van der Waals surface area contributed by atoms with E-state index in [0.29, 0.717) is 23.1 Å². The Balaban J connectivity index is 2.08. The summed E-state index contributed by atoms with van der Waals surface area (Å²) < 4.78 is 0. The number of hydrogen-bond acceptors (Lipinski definition) is 3. The van der Waals surface area contributed by atoms with Crippen molar-refractivity contribution in [1.29, 1.82) is 0 Å². The fourth-order valence-corrected chi connectivity index (χ4v) is 2.19. The van der Waals surface area contributed by atoms with Gasteiger partial charge in [-0.2, -0.15) is 0 Å². The molecule has 0 fully saturated rings. The molecule has 5 heteroatoms. The van der Waals surface area contributed by atoms with E-state index in [9.17, 15) is 4.79 Å². The standard InChI is InChI=1S/C16H18ClN3O/c1-3-18-15-9-13(8-14(17)20-15)16(21)19-10-12-7-5-4-6-11(12)2/h4-9H,3,10H2,1-2H3,(H,18,20)(H,19,21). The normalized spacial score (nSPS) is 10.2. The summed E-state index contributed by atoms with van der Waals surface area (Å²) in [5, 5.41) is 6.25. The van der Waals surface area contributed by atoms with Crippen LogP contribution in [0.3, 0.4) is 0 Å². The van der Waals surface area contributed by atoms with E-state index in [2.05, 4.69) is 15.6 Å². The van der Waals surface area contributed by atoms with Gasteiger partial charge in [-0.15, -0.1) is 0 Å². The number of aryl methyl sites for hydroxylation is 1. The van der Waals surface area contributed by atoms with Gasteiger partial charge in [0.25, 0.3) is 5.91 Å². The molecule has 0 atom stereocenters. The number of benzene rings is 1. The van der Waals surface area contributed by atoms with E-state index in [1.807, 2.05) is 38.1 Å². The molecular weight excluding hydrogens is 286 g/mol. The lowest BCUT2D eigenvalue weighted by Crippen LogP contribution is -2.23. The van der Waals surface area contributed by atoms with Gasteiger partial charge in [-0.25, -0.2) is 4.98 Å². The lowest BCUT2D eigenvalue weighted by Gasteiger charge is -2.09. The lowest BCUT2D eigenvalue weighted by molar-refractivity contribution is 0.0951. The molecule has 0 saturated heterocycles. The van der Waals surface area contributed by atoms with Crippen LogP contribution in [0.25, 0.3) is 0 Å². The van der Waals surface area contributed by atoms with Crippen LogP contribution in [0.5, 0.6) is 0 Å². The van der Waals surface area contributed by atoms with Crippen molar-refractivity contribution in [1.82, 2.24) is 10.3 Å². The van der Waals surface area contributed by atoms with Gasteiger partial charge < -0.3 is 10.6 Å². The summed E-state index contributed by atoms with van der Waals surface area (Å²) in [6.07, 6.45) is 0. The molecule has 2 rings (SSSR count). The maximum absolute atomic E-state index is 12.2. The van der Waals surface area contributed by atoms with Crippen molar-refractivity contribution in [2.24, 2.45) is 0 Å². The monoisotopic (exact) mass is 303 g/mol. The molecule has 1 heterocycles. The number of amides is 1. The van der Waals surface area contributed by atoms with Crippen LogP contribution < -0.4 is 10.6 Å². The second-order valence-electron chi connectivity index (χ2n) is 4.70. The van der Waals surface area contributed by atoms with Crippen LogP contribution in [0, 0.1) is 6.92 Å². The maximum Gasteiger partial charge on any atom is 0.251 e. The largest absolute Gasteiger partial charge is 0.370 e. The zero-order valence-corrected chi connectivity index (χ0v) is 12.9. The van der Waals surface area contributed by atoms with Gasteiger partial charge in [-0.3, -0.25) is 4.79 Å². The van der Waals surface area contributed by atoms with Crippen molar-refractivity contribution in [3.63, 3.8) is 0 Å². The SMILES string of the molecule is CCNc1cc(C(=O)NCc2ccccc2C)cc(Cl)n1. The summed E-state index contributed by atoms with van der Waals surface area (Å²) in [5.74, 6) is 0.438. The molecule has 1 aromatic heterocycles. The van der Waals surface area contributed by atoms with E-state index in [-0.39, 0.29) is 5.91 Å². The third-order valence-corrected chi connectivity index (χ3v) is 3.31. The van der Waals surface area contributed by atoms with Gasteiger partial charge in [0.2, 0.25) is 0 Å². The first kappa shape index (κ1) is 15.3. The van der Waals surface area contributed by atoms with Crippen LogP contribution >= 0.6 is 11.6 Å². The molecule has 1 amide bonds. The van der Waals surface area contributed by atoms with Crippen molar-refractivity contribution >= 4 is 23.3 Å². The predicted octanol–water partition coefficient (Wildman–Crippen LogP) is 3.41. The summed E-state index contributed by atoms with van der Waals surface area (Å²) in [6.45, 7) is 5.19. The minimum Gasteiger partial charge on any atom is -0.370 e. The fourth-order valence-electron chi connectivity index (χ4n) is 1.99. The Kier molecular flexibility index (Phi) is 5.17. The van der Waals surface area contributed by atoms with E-state index < -0.39 is 0 Å². The average molecular weight is 304 g/mol. The van der Waals surface area contributed by atoms with Crippen molar-refractivity contribution in [3.8, 4) is 0 Å².